The Morgan fingerprint density at radius 2 is 1.80 bits per heavy atom. The number of amides is 4. The van der Waals surface area contributed by atoms with Crippen molar-refractivity contribution in [1.29, 1.82) is 0 Å². The lowest BCUT2D eigenvalue weighted by atomic mass is 9.85. The highest BCUT2D eigenvalue weighted by atomic mass is 16.5. The Morgan fingerprint density at radius 3 is 2.61 bits per heavy atom. The summed E-state index contributed by atoms with van der Waals surface area (Å²) in [5.41, 5.74) is 3.71. The maximum atomic E-state index is 13.4. The topological polar surface area (TPSA) is 155 Å². The number of hydrogen-bond donors (Lipinski definition) is 2. The van der Waals surface area contributed by atoms with Gasteiger partial charge in [0.05, 0.1) is 42.3 Å². The third-order valence-corrected chi connectivity index (χ3v) is 11.1. The molecule has 2 N–H and O–H groups in total. The van der Waals surface area contributed by atoms with Crippen molar-refractivity contribution in [1.82, 2.24) is 39.6 Å². The molecule has 276 valence electrons. The van der Waals surface area contributed by atoms with Crippen LogP contribution >= 0.6 is 0 Å². The van der Waals surface area contributed by atoms with Crippen molar-refractivity contribution < 1.29 is 19.1 Å². The molecule has 0 atom stereocenters. The second kappa shape index (κ2) is 14.0. The number of nitrogens with one attached hydrogen (secondary N) is 2. The number of rotatable bonds is 8. The lowest BCUT2D eigenvalue weighted by molar-refractivity contribution is -0.120. The summed E-state index contributed by atoms with van der Waals surface area (Å²) in [5.74, 6) is 1.02. The Labute approximate surface area is 310 Å². The van der Waals surface area contributed by atoms with Gasteiger partial charge in [0.1, 0.15) is 5.75 Å². The van der Waals surface area contributed by atoms with Crippen molar-refractivity contribution in [2.24, 2.45) is 5.92 Å². The van der Waals surface area contributed by atoms with Crippen molar-refractivity contribution >= 4 is 62.4 Å². The van der Waals surface area contributed by atoms with Gasteiger partial charge in [-0.05, 0) is 55.9 Å². The van der Waals surface area contributed by atoms with Crippen molar-refractivity contribution in [2.75, 3.05) is 61.5 Å². The Bertz CT molecular complexity index is 2390. The van der Waals surface area contributed by atoms with Crippen molar-refractivity contribution in [2.45, 2.75) is 38.1 Å². The van der Waals surface area contributed by atoms with Gasteiger partial charge in [0.15, 0.2) is 11.5 Å². The summed E-state index contributed by atoms with van der Waals surface area (Å²) in [6, 6.07) is 13.4. The van der Waals surface area contributed by atoms with E-state index in [4.69, 9.17) is 9.84 Å². The first-order valence-corrected chi connectivity index (χ1v) is 18.5. The number of hydrogen-bond acceptors (Lipinski definition) is 10. The molecule has 1 saturated carbocycles. The molecule has 54 heavy (non-hydrogen) atoms. The van der Waals surface area contributed by atoms with Crippen LogP contribution in [0.4, 0.5) is 22.0 Å². The number of aromatic nitrogens is 6. The van der Waals surface area contributed by atoms with E-state index >= 15 is 0 Å². The molecule has 0 bridgehead atoms. The van der Waals surface area contributed by atoms with Gasteiger partial charge in [-0.15, -0.1) is 0 Å². The van der Waals surface area contributed by atoms with Crippen LogP contribution in [0, 0.1) is 5.92 Å². The van der Waals surface area contributed by atoms with Crippen molar-refractivity contribution in [3.63, 3.8) is 0 Å². The summed E-state index contributed by atoms with van der Waals surface area (Å²) >= 11 is 0. The number of imide groups is 1. The molecule has 6 heterocycles. The predicted octanol–water partition coefficient (Wildman–Crippen LogP) is 4.89. The third-order valence-electron chi connectivity index (χ3n) is 11.1. The first-order chi connectivity index (χ1) is 26.4. The number of benzene rings is 2. The molecule has 4 aromatic heterocycles. The van der Waals surface area contributed by atoms with Crippen LogP contribution < -0.4 is 25.2 Å². The molecule has 2 saturated heterocycles. The van der Waals surface area contributed by atoms with E-state index in [9.17, 15) is 14.4 Å². The van der Waals surface area contributed by atoms with Gasteiger partial charge in [-0.3, -0.25) is 34.4 Å². The van der Waals surface area contributed by atoms with E-state index in [1.807, 2.05) is 36.5 Å². The van der Waals surface area contributed by atoms with Gasteiger partial charge in [-0.25, -0.2) is 9.78 Å². The standard InChI is InChI=1S/C39H41N11O4/c1-54-34-19-31-26(18-29(34)38(52)43-36-22-41-35-6-3-12-42-50(35)36)24-49(45-31)27-9-7-25(8-10-27)23-46-14-16-47(17-15-46)32-5-2-4-28-30(32)20-40-21-33(28)48-13-11-37(51)44-39(48)53/h2-6,12,18-22,24-25,27H,7-11,13-17,23H2,1H3,(H,43,52)(H,44,51,53). The highest BCUT2D eigenvalue weighted by molar-refractivity contribution is 6.11. The Morgan fingerprint density at radius 1 is 0.944 bits per heavy atom. The molecule has 9 rings (SSSR count). The first kappa shape index (κ1) is 33.7. The lowest BCUT2D eigenvalue weighted by Crippen LogP contribution is -2.49. The van der Waals surface area contributed by atoms with E-state index in [1.54, 1.807) is 41.2 Å². The molecule has 2 aliphatic heterocycles. The number of imidazole rings is 1. The molecule has 3 fully saturated rings. The highest BCUT2D eigenvalue weighted by Crippen LogP contribution is 2.36. The van der Waals surface area contributed by atoms with Gasteiger partial charge >= 0.3 is 6.03 Å². The summed E-state index contributed by atoms with van der Waals surface area (Å²) in [6.07, 6.45) is 13.5. The second-order valence-corrected chi connectivity index (χ2v) is 14.4. The zero-order valence-corrected chi connectivity index (χ0v) is 30.0. The minimum atomic E-state index is -0.401. The minimum Gasteiger partial charge on any atom is -0.496 e. The van der Waals surface area contributed by atoms with Gasteiger partial charge in [0.25, 0.3) is 5.91 Å². The fourth-order valence-corrected chi connectivity index (χ4v) is 8.28. The summed E-state index contributed by atoms with van der Waals surface area (Å²) in [4.78, 5) is 53.2. The minimum absolute atomic E-state index is 0.248. The summed E-state index contributed by atoms with van der Waals surface area (Å²) in [6.45, 7) is 5.22. The van der Waals surface area contributed by atoms with E-state index in [0.717, 1.165) is 91.5 Å². The monoisotopic (exact) mass is 727 g/mol. The van der Waals surface area contributed by atoms with Gasteiger partial charge < -0.3 is 15.0 Å². The molecule has 4 amide bonds. The highest BCUT2D eigenvalue weighted by Gasteiger charge is 2.29. The Hall–Kier alpha value is -6.09. The average molecular weight is 728 g/mol. The zero-order valence-electron chi connectivity index (χ0n) is 30.0. The zero-order chi connectivity index (χ0) is 36.8. The number of fused-ring (bicyclic) bond motifs is 3. The number of piperazine rings is 1. The maximum Gasteiger partial charge on any atom is 0.328 e. The number of pyridine rings is 1. The molecule has 1 aliphatic carbocycles. The van der Waals surface area contributed by atoms with Crippen LogP contribution in [-0.4, -0.2) is 98.5 Å². The molecule has 2 aromatic carbocycles. The van der Waals surface area contributed by atoms with Gasteiger partial charge in [-0.1, -0.05) is 12.1 Å². The predicted molar refractivity (Wildman–Crippen MR) is 204 cm³/mol. The lowest BCUT2D eigenvalue weighted by Gasteiger charge is -2.39. The number of anilines is 3. The van der Waals surface area contributed by atoms with Gasteiger partial charge in [-0.2, -0.15) is 14.7 Å². The van der Waals surface area contributed by atoms with Crippen LogP contribution in [0.5, 0.6) is 5.75 Å². The number of nitrogens with zero attached hydrogens (tertiary/aromatic N) is 9. The van der Waals surface area contributed by atoms with Crippen LogP contribution in [0.1, 0.15) is 48.5 Å². The van der Waals surface area contributed by atoms with Gasteiger partial charge in [0, 0.05) is 92.2 Å². The molecule has 6 aromatic rings. The molecule has 15 heteroatoms. The number of methoxy groups -OCH3 is 1. The van der Waals surface area contributed by atoms with Crippen LogP contribution in [0.3, 0.4) is 0 Å². The maximum absolute atomic E-state index is 13.4. The van der Waals surface area contributed by atoms with Crippen molar-refractivity contribution in [3.05, 3.63) is 79.0 Å². The van der Waals surface area contributed by atoms with E-state index in [2.05, 4.69) is 52.4 Å². The Balaban J connectivity index is 0.811. The summed E-state index contributed by atoms with van der Waals surface area (Å²) in [7, 11) is 1.56. The van der Waals surface area contributed by atoms with Crippen LogP contribution in [0.2, 0.25) is 0 Å². The third kappa shape index (κ3) is 6.33. The van der Waals surface area contributed by atoms with Crippen LogP contribution in [0.25, 0.3) is 27.3 Å². The molecule has 3 aliphatic rings. The number of urea groups is 1. The van der Waals surface area contributed by atoms with Crippen LogP contribution in [-0.2, 0) is 4.79 Å². The fraction of sp³-hybridized carbons (Fsp3) is 0.359. The molecule has 0 radical (unpaired) electrons. The molecular formula is C39H41N11O4. The van der Waals surface area contributed by atoms with Crippen molar-refractivity contribution in [3.8, 4) is 5.75 Å². The molecular weight excluding hydrogens is 687 g/mol. The summed E-state index contributed by atoms with van der Waals surface area (Å²) in [5, 5.41) is 17.4. The van der Waals surface area contributed by atoms with E-state index in [0.29, 0.717) is 41.3 Å². The Kier molecular flexibility index (Phi) is 8.77. The average Bonchev–Trinajstić information content (AvgIpc) is 3.81. The fourth-order valence-electron chi connectivity index (χ4n) is 8.28. The van der Waals surface area contributed by atoms with Crippen LogP contribution in [0.15, 0.2) is 73.4 Å². The number of ether oxygens (including phenoxy) is 1. The summed E-state index contributed by atoms with van der Waals surface area (Å²) < 4.78 is 9.29. The SMILES string of the molecule is COc1cc2nn(C3CCC(CN4CCN(c5cccc6c(N7CCC(=O)NC7=O)cncc56)CC4)CC3)cc2cc1C(=O)Nc1cnc2cccnn12. The first-order valence-electron chi connectivity index (χ1n) is 18.5. The van der Waals surface area contributed by atoms with E-state index in [-0.39, 0.29) is 18.2 Å². The van der Waals surface area contributed by atoms with Gasteiger partial charge in [0.2, 0.25) is 5.91 Å². The molecule has 0 spiro atoms. The quantitative estimate of drug-likeness (QED) is 0.222. The number of carbonyl (C=O) groups excluding carboxylic acids is 3. The smallest absolute Gasteiger partial charge is 0.328 e. The normalized spacial score (nSPS) is 19.8. The van der Waals surface area contributed by atoms with E-state index in [1.165, 1.54) is 0 Å². The number of carbonyl (C=O) groups is 3. The largest absolute Gasteiger partial charge is 0.496 e. The second-order valence-electron chi connectivity index (χ2n) is 14.4. The molecule has 15 nitrogen and oxygen atoms in total. The van der Waals surface area contributed by atoms with E-state index < -0.39 is 6.03 Å². The molecule has 0 unspecified atom stereocenters.